The van der Waals surface area contributed by atoms with Crippen molar-refractivity contribution in [2.45, 2.75) is 6.61 Å². The van der Waals surface area contributed by atoms with Crippen molar-refractivity contribution in [1.82, 2.24) is 9.97 Å². The van der Waals surface area contributed by atoms with Gasteiger partial charge in [-0.3, -0.25) is 0 Å². The number of hydrogen-bond donors (Lipinski definition) is 1. The van der Waals surface area contributed by atoms with Crippen molar-refractivity contribution in [3.05, 3.63) is 85.9 Å². The van der Waals surface area contributed by atoms with Crippen molar-refractivity contribution >= 4 is 34.9 Å². The van der Waals surface area contributed by atoms with Gasteiger partial charge in [-0.1, -0.05) is 47.5 Å². The largest absolute Gasteiger partial charge is 0.372 e. The van der Waals surface area contributed by atoms with E-state index in [1.54, 1.807) is 6.07 Å². The molecule has 6 heteroatoms. The van der Waals surface area contributed by atoms with E-state index in [1.807, 2.05) is 48.5 Å². The van der Waals surface area contributed by atoms with Gasteiger partial charge in [-0.25, -0.2) is 4.79 Å². The minimum atomic E-state index is -0.405. The summed E-state index contributed by atoms with van der Waals surface area (Å²) >= 11 is 12.2. The van der Waals surface area contributed by atoms with Gasteiger partial charge in [0.15, 0.2) is 0 Å². The average Bonchev–Trinajstić information content (AvgIpc) is 2.62. The molecule has 0 saturated carbocycles. The average molecular weight is 385 g/mol. The van der Waals surface area contributed by atoms with E-state index in [-0.39, 0.29) is 0 Å². The van der Waals surface area contributed by atoms with Gasteiger partial charge in [-0.05, 0) is 41.5 Å². The molecule has 1 aliphatic heterocycles. The van der Waals surface area contributed by atoms with Crippen LogP contribution in [0.3, 0.4) is 0 Å². The summed E-state index contributed by atoms with van der Waals surface area (Å²) in [6.07, 6.45) is 1.94. The van der Waals surface area contributed by atoms with Crippen LogP contribution >= 0.6 is 23.2 Å². The Morgan fingerprint density at radius 3 is 2.58 bits per heavy atom. The number of benzene rings is 2. The van der Waals surface area contributed by atoms with Crippen LogP contribution in [0.15, 0.2) is 53.3 Å². The van der Waals surface area contributed by atoms with Gasteiger partial charge in [-0.2, -0.15) is 4.98 Å². The van der Waals surface area contributed by atoms with Crippen LogP contribution < -0.4 is 5.69 Å². The fraction of sp³-hybridized carbons (Fsp3) is 0.100. The molecular formula is C20H14Cl2N2O2. The number of halogens is 2. The maximum atomic E-state index is 12.2. The predicted molar refractivity (Wildman–Crippen MR) is 104 cm³/mol. The van der Waals surface area contributed by atoms with E-state index in [9.17, 15) is 4.79 Å². The maximum Gasteiger partial charge on any atom is 0.345 e. The fourth-order valence-corrected chi connectivity index (χ4v) is 3.42. The molecule has 3 aromatic rings. The highest BCUT2D eigenvalue weighted by atomic mass is 35.5. The summed E-state index contributed by atoms with van der Waals surface area (Å²) < 4.78 is 5.75. The molecule has 0 fully saturated rings. The number of nitrogens with zero attached hydrogens (tertiary/aromatic N) is 1. The Labute approximate surface area is 160 Å². The van der Waals surface area contributed by atoms with Gasteiger partial charge in [0.05, 0.1) is 24.6 Å². The molecule has 0 amide bonds. The van der Waals surface area contributed by atoms with Crippen LogP contribution in [0.4, 0.5) is 0 Å². The van der Waals surface area contributed by atoms with E-state index in [4.69, 9.17) is 27.9 Å². The van der Waals surface area contributed by atoms with E-state index in [2.05, 4.69) is 9.97 Å². The molecule has 0 spiro atoms. The number of fused-ring (bicyclic) bond motifs is 1. The van der Waals surface area contributed by atoms with Crippen LogP contribution in [0.5, 0.6) is 0 Å². The number of aromatic nitrogens is 2. The first-order valence-corrected chi connectivity index (χ1v) is 8.79. The monoisotopic (exact) mass is 384 g/mol. The number of rotatable bonds is 2. The van der Waals surface area contributed by atoms with Crippen LogP contribution in [-0.4, -0.2) is 16.6 Å². The van der Waals surface area contributed by atoms with E-state index in [0.29, 0.717) is 34.6 Å². The zero-order valence-electron chi connectivity index (χ0n) is 13.6. The number of ether oxygens (including phenoxy) is 1. The topological polar surface area (TPSA) is 55.0 Å². The molecule has 0 aliphatic carbocycles. The second-order valence-electron chi connectivity index (χ2n) is 5.97. The summed E-state index contributed by atoms with van der Waals surface area (Å²) in [6.45, 7) is 0.749. The Kier molecular flexibility index (Phi) is 4.64. The molecule has 0 atom stereocenters. The molecule has 4 nitrogen and oxygen atoms in total. The standard InChI is InChI=1S/C20H14Cl2N2O2/c21-15-5-1-3-12(8-15)7-14-10-26-11-17-18(23-20(25)24-19(14)17)13-4-2-6-16(22)9-13/h1-9H,10-11H2,(H,23,24,25)/b14-7+. The molecular weight excluding hydrogens is 371 g/mol. The van der Waals surface area contributed by atoms with E-state index >= 15 is 0 Å². The predicted octanol–water partition coefficient (Wildman–Crippen LogP) is 4.81. The third kappa shape index (κ3) is 3.44. The summed E-state index contributed by atoms with van der Waals surface area (Å²) in [5.41, 5.74) is 4.34. The lowest BCUT2D eigenvalue weighted by Gasteiger charge is -2.21. The Balaban J connectivity index is 1.88. The smallest absolute Gasteiger partial charge is 0.345 e. The van der Waals surface area contributed by atoms with E-state index in [1.165, 1.54) is 0 Å². The Bertz CT molecular complexity index is 1070. The Hall–Kier alpha value is -2.40. The third-order valence-corrected chi connectivity index (χ3v) is 4.61. The van der Waals surface area contributed by atoms with Crippen molar-refractivity contribution in [3.63, 3.8) is 0 Å². The summed E-state index contributed by atoms with van der Waals surface area (Å²) in [7, 11) is 0. The Morgan fingerprint density at radius 1 is 1.04 bits per heavy atom. The second kappa shape index (κ2) is 7.08. The van der Waals surface area contributed by atoms with Gasteiger partial charge in [-0.15, -0.1) is 0 Å². The summed E-state index contributed by atoms with van der Waals surface area (Å²) in [5, 5.41) is 1.25. The van der Waals surface area contributed by atoms with Gasteiger partial charge in [0, 0.05) is 21.2 Å². The zero-order chi connectivity index (χ0) is 18.1. The first kappa shape index (κ1) is 17.0. The normalized spacial score (nSPS) is 15.1. The molecule has 0 saturated heterocycles. The van der Waals surface area contributed by atoms with Crippen LogP contribution in [0.1, 0.15) is 16.8 Å². The van der Waals surface area contributed by atoms with Crippen LogP contribution in [0.25, 0.3) is 22.9 Å². The highest BCUT2D eigenvalue weighted by Crippen LogP contribution is 2.32. The molecule has 130 valence electrons. The van der Waals surface area contributed by atoms with Crippen molar-refractivity contribution < 1.29 is 4.74 Å². The number of H-pyrrole nitrogens is 1. The second-order valence-corrected chi connectivity index (χ2v) is 6.84. The quantitative estimate of drug-likeness (QED) is 0.689. The van der Waals surface area contributed by atoms with E-state index in [0.717, 1.165) is 22.3 Å². The number of hydrogen-bond acceptors (Lipinski definition) is 3. The summed E-state index contributed by atoms with van der Waals surface area (Å²) in [6, 6.07) is 14.8. The lowest BCUT2D eigenvalue weighted by atomic mass is 9.98. The van der Waals surface area contributed by atoms with Gasteiger partial charge in [0.1, 0.15) is 0 Å². The number of nitrogens with one attached hydrogen (secondary N) is 1. The summed E-state index contributed by atoms with van der Waals surface area (Å²) in [5.74, 6) is 0. The first-order valence-electron chi connectivity index (χ1n) is 8.03. The molecule has 2 aromatic carbocycles. The molecule has 0 bridgehead atoms. The Morgan fingerprint density at radius 2 is 1.81 bits per heavy atom. The van der Waals surface area contributed by atoms with Crippen LogP contribution in [0.2, 0.25) is 10.0 Å². The maximum absolute atomic E-state index is 12.2. The molecule has 0 radical (unpaired) electrons. The lowest BCUT2D eigenvalue weighted by molar-refractivity contribution is 0.146. The first-order chi connectivity index (χ1) is 12.6. The minimum absolute atomic E-state index is 0.369. The molecule has 1 aliphatic rings. The molecule has 1 N–H and O–H groups in total. The van der Waals surface area contributed by atoms with Crippen molar-refractivity contribution in [1.29, 1.82) is 0 Å². The van der Waals surface area contributed by atoms with Gasteiger partial charge in [0.25, 0.3) is 0 Å². The fourth-order valence-electron chi connectivity index (χ4n) is 3.03. The molecule has 0 unspecified atom stereocenters. The van der Waals surface area contributed by atoms with Gasteiger partial charge < -0.3 is 9.72 Å². The van der Waals surface area contributed by atoms with Gasteiger partial charge in [0.2, 0.25) is 0 Å². The van der Waals surface area contributed by atoms with Crippen molar-refractivity contribution in [2.75, 3.05) is 6.61 Å². The summed E-state index contributed by atoms with van der Waals surface area (Å²) in [4.78, 5) is 19.2. The van der Waals surface area contributed by atoms with Gasteiger partial charge >= 0.3 is 5.69 Å². The molecule has 1 aromatic heterocycles. The highest BCUT2D eigenvalue weighted by molar-refractivity contribution is 6.31. The SMILES string of the molecule is O=c1nc2c(c(-c3cccc(Cl)c3)[nH]1)COC/C2=C\c1cccc(Cl)c1. The molecule has 2 heterocycles. The number of aromatic amines is 1. The lowest BCUT2D eigenvalue weighted by Crippen LogP contribution is -2.21. The highest BCUT2D eigenvalue weighted by Gasteiger charge is 2.22. The van der Waals surface area contributed by atoms with Crippen LogP contribution in [0, 0.1) is 0 Å². The zero-order valence-corrected chi connectivity index (χ0v) is 15.1. The van der Waals surface area contributed by atoms with Crippen molar-refractivity contribution in [2.24, 2.45) is 0 Å². The molecule has 4 rings (SSSR count). The third-order valence-electron chi connectivity index (χ3n) is 4.14. The van der Waals surface area contributed by atoms with Crippen molar-refractivity contribution in [3.8, 4) is 11.3 Å². The van der Waals surface area contributed by atoms with Crippen LogP contribution in [-0.2, 0) is 11.3 Å². The molecule has 26 heavy (non-hydrogen) atoms. The van der Waals surface area contributed by atoms with E-state index < -0.39 is 5.69 Å². The minimum Gasteiger partial charge on any atom is -0.372 e.